The lowest BCUT2D eigenvalue weighted by Gasteiger charge is -2.04. The number of benzene rings is 1. The summed E-state index contributed by atoms with van der Waals surface area (Å²) in [6.07, 6.45) is 7.49. The van der Waals surface area contributed by atoms with Gasteiger partial charge in [-0.1, -0.05) is 19.2 Å². The fourth-order valence-corrected chi connectivity index (χ4v) is 2.21. The number of rotatable bonds is 2. The van der Waals surface area contributed by atoms with E-state index in [1.54, 1.807) is 18.3 Å². The third-order valence-electron chi connectivity index (χ3n) is 3.25. The zero-order chi connectivity index (χ0) is 14.1. The van der Waals surface area contributed by atoms with E-state index >= 15 is 0 Å². The molecule has 0 saturated heterocycles. The molecule has 1 N–H and O–H groups in total. The van der Waals surface area contributed by atoms with E-state index in [1.165, 1.54) is 0 Å². The molecule has 0 fully saturated rings. The Morgan fingerprint density at radius 3 is 2.90 bits per heavy atom. The lowest BCUT2D eigenvalue weighted by atomic mass is 10.2. The van der Waals surface area contributed by atoms with Gasteiger partial charge in [0.2, 0.25) is 0 Å². The molecule has 98 valence electrons. The highest BCUT2D eigenvalue weighted by atomic mass is 16.3. The second-order valence-corrected chi connectivity index (χ2v) is 4.64. The molecule has 20 heavy (non-hydrogen) atoms. The molecule has 0 saturated carbocycles. The third-order valence-corrected chi connectivity index (χ3v) is 3.25. The number of phenols is 1. The van der Waals surface area contributed by atoms with Crippen LogP contribution in [-0.2, 0) is 0 Å². The average Bonchev–Trinajstić information content (AvgIpc) is 2.86. The van der Waals surface area contributed by atoms with E-state index in [0.29, 0.717) is 0 Å². The number of fused-ring (bicyclic) bond motifs is 1. The highest BCUT2D eigenvalue weighted by Crippen LogP contribution is 2.18. The summed E-state index contributed by atoms with van der Waals surface area (Å²) in [4.78, 5) is 4.14. The first-order chi connectivity index (χ1) is 9.65. The monoisotopic (exact) mass is 262 g/mol. The van der Waals surface area contributed by atoms with Crippen molar-refractivity contribution < 1.29 is 5.11 Å². The van der Waals surface area contributed by atoms with Crippen LogP contribution in [0.5, 0.6) is 5.75 Å². The minimum absolute atomic E-state index is 0.216. The molecule has 0 spiro atoms. The number of phenolic OH excluding ortho intramolecular Hbond substituents is 1. The summed E-state index contributed by atoms with van der Waals surface area (Å²) in [5.41, 5.74) is 1.83. The molecule has 2 heterocycles. The summed E-state index contributed by atoms with van der Waals surface area (Å²) in [5.74, 6) is 0.216. The zero-order valence-corrected chi connectivity index (χ0v) is 11.0. The minimum Gasteiger partial charge on any atom is -0.508 e. The quantitative estimate of drug-likeness (QED) is 0.768. The van der Waals surface area contributed by atoms with E-state index < -0.39 is 0 Å². The van der Waals surface area contributed by atoms with Crippen molar-refractivity contribution in [1.29, 1.82) is 0 Å². The standard InChI is InChI=1S/C17H14N2O/c1-12-9-16(20)4-3-15(12)10-13(2)19-8-6-14-5-7-18-11-17(14)19/h3-11,20H,1-2H2/b15-10-. The Balaban J connectivity index is 2.11. The molecule has 3 nitrogen and oxygen atoms in total. The predicted octanol–water partition coefficient (Wildman–Crippen LogP) is 2.10. The van der Waals surface area contributed by atoms with Gasteiger partial charge in [0.25, 0.3) is 0 Å². The topological polar surface area (TPSA) is 38.0 Å². The molecule has 3 rings (SSSR count). The molecular formula is C17H14N2O. The van der Waals surface area contributed by atoms with Crippen molar-refractivity contribution in [3.63, 3.8) is 0 Å². The molecule has 0 unspecified atom stereocenters. The molecule has 0 amide bonds. The summed E-state index contributed by atoms with van der Waals surface area (Å²) in [7, 11) is 0. The van der Waals surface area contributed by atoms with Gasteiger partial charge in [0.05, 0.1) is 11.7 Å². The first-order valence-electron chi connectivity index (χ1n) is 6.25. The predicted molar refractivity (Wildman–Crippen MR) is 82.4 cm³/mol. The van der Waals surface area contributed by atoms with Gasteiger partial charge in [-0.2, -0.15) is 0 Å². The Kier molecular flexibility index (Phi) is 2.88. The van der Waals surface area contributed by atoms with E-state index in [0.717, 1.165) is 27.0 Å². The van der Waals surface area contributed by atoms with Gasteiger partial charge in [-0.3, -0.25) is 4.98 Å². The van der Waals surface area contributed by atoms with Crippen molar-refractivity contribution in [2.24, 2.45) is 0 Å². The number of hydrogen-bond acceptors (Lipinski definition) is 2. The van der Waals surface area contributed by atoms with Crippen LogP contribution >= 0.6 is 0 Å². The molecule has 0 aliphatic heterocycles. The van der Waals surface area contributed by atoms with Gasteiger partial charge < -0.3 is 9.67 Å². The molecule has 3 heteroatoms. The highest BCUT2D eigenvalue weighted by molar-refractivity contribution is 5.87. The lowest BCUT2D eigenvalue weighted by Crippen LogP contribution is -2.22. The van der Waals surface area contributed by atoms with Crippen LogP contribution in [0.1, 0.15) is 0 Å². The number of aromatic nitrogens is 2. The molecule has 0 atom stereocenters. The van der Waals surface area contributed by atoms with Gasteiger partial charge in [0.1, 0.15) is 5.75 Å². The fraction of sp³-hybridized carbons (Fsp3) is 0. The molecule has 2 aromatic heterocycles. The summed E-state index contributed by atoms with van der Waals surface area (Å²) < 4.78 is 1.98. The Hall–Kier alpha value is -2.81. The summed E-state index contributed by atoms with van der Waals surface area (Å²) >= 11 is 0. The summed E-state index contributed by atoms with van der Waals surface area (Å²) in [6, 6.07) is 9.09. The number of aromatic hydroxyl groups is 1. The number of nitrogens with zero attached hydrogens (tertiary/aromatic N) is 2. The van der Waals surface area contributed by atoms with Crippen molar-refractivity contribution >= 4 is 29.3 Å². The first-order valence-corrected chi connectivity index (χ1v) is 6.25. The average molecular weight is 262 g/mol. The largest absolute Gasteiger partial charge is 0.508 e. The Morgan fingerprint density at radius 2 is 2.10 bits per heavy atom. The maximum atomic E-state index is 9.41. The van der Waals surface area contributed by atoms with Gasteiger partial charge in [-0.15, -0.1) is 0 Å². The maximum absolute atomic E-state index is 9.41. The molecule has 1 aromatic carbocycles. The van der Waals surface area contributed by atoms with Gasteiger partial charge >= 0.3 is 0 Å². The SMILES string of the molecule is C=C(/C=c1/ccc(O)cc1=C)n1ccc2ccncc21. The third kappa shape index (κ3) is 2.10. The number of hydrogen-bond donors (Lipinski definition) is 1. The fourth-order valence-electron chi connectivity index (χ4n) is 2.21. The van der Waals surface area contributed by atoms with Gasteiger partial charge in [-0.25, -0.2) is 0 Å². The van der Waals surface area contributed by atoms with Crippen LogP contribution in [0.4, 0.5) is 0 Å². The van der Waals surface area contributed by atoms with Crippen molar-refractivity contribution in [2.75, 3.05) is 0 Å². The van der Waals surface area contributed by atoms with Crippen LogP contribution in [0, 0.1) is 0 Å². The number of allylic oxidation sites excluding steroid dienone is 1. The van der Waals surface area contributed by atoms with Crippen LogP contribution in [0.25, 0.3) is 29.3 Å². The van der Waals surface area contributed by atoms with Gasteiger partial charge in [0.15, 0.2) is 0 Å². The van der Waals surface area contributed by atoms with Crippen molar-refractivity contribution in [3.8, 4) is 5.75 Å². The Labute approximate surface area is 116 Å². The van der Waals surface area contributed by atoms with E-state index in [2.05, 4.69) is 18.1 Å². The molecule has 0 radical (unpaired) electrons. The Morgan fingerprint density at radius 1 is 1.25 bits per heavy atom. The molecular weight excluding hydrogens is 248 g/mol. The molecule has 0 aliphatic rings. The second kappa shape index (κ2) is 4.70. The van der Waals surface area contributed by atoms with Crippen molar-refractivity contribution in [1.82, 2.24) is 9.55 Å². The van der Waals surface area contributed by atoms with Crippen LogP contribution in [-0.4, -0.2) is 14.7 Å². The number of pyridine rings is 1. The lowest BCUT2D eigenvalue weighted by molar-refractivity contribution is 0.474. The smallest absolute Gasteiger partial charge is 0.116 e. The molecule has 0 aliphatic carbocycles. The second-order valence-electron chi connectivity index (χ2n) is 4.64. The molecule has 3 aromatic rings. The minimum atomic E-state index is 0.216. The van der Waals surface area contributed by atoms with Crippen LogP contribution in [0.15, 0.2) is 55.5 Å². The van der Waals surface area contributed by atoms with E-state index in [1.807, 2.05) is 41.2 Å². The van der Waals surface area contributed by atoms with Crippen LogP contribution in [0.3, 0.4) is 0 Å². The molecule has 0 bridgehead atoms. The highest BCUT2D eigenvalue weighted by Gasteiger charge is 2.01. The summed E-state index contributed by atoms with van der Waals surface area (Å²) in [6.45, 7) is 8.02. The van der Waals surface area contributed by atoms with Crippen LogP contribution in [0.2, 0.25) is 0 Å². The van der Waals surface area contributed by atoms with E-state index in [9.17, 15) is 5.11 Å². The summed E-state index contributed by atoms with van der Waals surface area (Å²) in [5, 5.41) is 12.2. The Bertz CT molecular complexity index is 906. The van der Waals surface area contributed by atoms with Crippen molar-refractivity contribution in [3.05, 3.63) is 65.9 Å². The maximum Gasteiger partial charge on any atom is 0.116 e. The zero-order valence-electron chi connectivity index (χ0n) is 11.0. The van der Waals surface area contributed by atoms with Crippen LogP contribution < -0.4 is 10.4 Å². The van der Waals surface area contributed by atoms with Gasteiger partial charge in [0, 0.05) is 23.5 Å². The van der Waals surface area contributed by atoms with Crippen molar-refractivity contribution in [2.45, 2.75) is 0 Å². The van der Waals surface area contributed by atoms with E-state index in [-0.39, 0.29) is 5.75 Å². The normalized spacial score (nSPS) is 11.9. The van der Waals surface area contributed by atoms with Gasteiger partial charge in [-0.05, 0) is 40.8 Å². The van der Waals surface area contributed by atoms with E-state index in [4.69, 9.17) is 0 Å². The first kappa shape index (κ1) is 12.2.